The minimum atomic E-state index is -1.92. The molecule has 0 aliphatic heterocycles. The highest BCUT2D eigenvalue weighted by Gasteiger charge is 2.32. The van der Waals surface area contributed by atoms with Crippen LogP contribution in [0.1, 0.15) is 5.56 Å². The summed E-state index contributed by atoms with van der Waals surface area (Å²) in [6.07, 6.45) is -0.0345. The van der Waals surface area contributed by atoms with Crippen LogP contribution in [0.4, 0.5) is 0 Å². The molecule has 0 radical (unpaired) electrons. The number of azide groups is 1. The Hall–Kier alpha value is -2.04. The fourth-order valence-electron chi connectivity index (χ4n) is 1.14. The van der Waals surface area contributed by atoms with E-state index in [0.29, 0.717) is 5.56 Å². The average molecular weight is 206 g/mol. The van der Waals surface area contributed by atoms with Gasteiger partial charge in [0.1, 0.15) is 0 Å². The van der Waals surface area contributed by atoms with Crippen molar-refractivity contribution in [3.05, 3.63) is 46.3 Å². The zero-order chi connectivity index (χ0) is 11.3. The molecule has 0 saturated heterocycles. The lowest BCUT2D eigenvalue weighted by Crippen LogP contribution is -2.47. The molecule has 1 aromatic carbocycles. The fourth-order valence-corrected chi connectivity index (χ4v) is 1.14. The minimum absolute atomic E-state index is 0.0345. The Bertz CT molecular complexity index is 396. The second-order valence-electron chi connectivity index (χ2n) is 3.08. The molecule has 0 bridgehead atoms. The summed E-state index contributed by atoms with van der Waals surface area (Å²) in [7, 11) is 0. The van der Waals surface area contributed by atoms with Gasteiger partial charge in [0, 0.05) is 11.3 Å². The number of aliphatic carboxylic acids is 1. The first-order valence-corrected chi connectivity index (χ1v) is 4.21. The number of rotatable bonds is 4. The molecule has 1 rings (SSSR count). The SMILES string of the molecule is [N-]=[N+]=NC(N)(Cc1ccccc1)C(=O)O. The Morgan fingerprint density at radius 1 is 1.53 bits per heavy atom. The second-order valence-corrected chi connectivity index (χ2v) is 3.08. The molecule has 0 heterocycles. The average Bonchev–Trinajstić information content (AvgIpc) is 2.19. The number of nitrogens with two attached hydrogens (primary N) is 1. The largest absolute Gasteiger partial charge is 0.480 e. The van der Waals surface area contributed by atoms with Gasteiger partial charge in [0.05, 0.1) is 0 Å². The molecule has 0 aromatic heterocycles. The quantitative estimate of drug-likeness (QED) is 0.439. The predicted molar refractivity (Wildman–Crippen MR) is 53.8 cm³/mol. The standard InChI is InChI=1S/C9H10N4O2/c10-9(8(14)15,12-13-11)6-7-4-2-1-3-5-7/h1-5H,6,10H2,(H,14,15). The van der Waals surface area contributed by atoms with Gasteiger partial charge >= 0.3 is 5.97 Å². The minimum Gasteiger partial charge on any atom is -0.480 e. The van der Waals surface area contributed by atoms with Gasteiger partial charge in [0.2, 0.25) is 0 Å². The molecule has 3 N–H and O–H groups in total. The van der Waals surface area contributed by atoms with Gasteiger partial charge in [-0.25, -0.2) is 0 Å². The van der Waals surface area contributed by atoms with Gasteiger partial charge in [-0.1, -0.05) is 35.4 Å². The Morgan fingerprint density at radius 2 is 2.13 bits per heavy atom. The summed E-state index contributed by atoms with van der Waals surface area (Å²) in [5.74, 6) is -1.34. The van der Waals surface area contributed by atoms with Gasteiger partial charge in [-0.05, 0) is 11.1 Å². The third kappa shape index (κ3) is 2.70. The van der Waals surface area contributed by atoms with Crippen LogP contribution in [-0.2, 0) is 11.2 Å². The number of nitrogens with zero attached hydrogens (tertiary/aromatic N) is 3. The highest BCUT2D eigenvalue weighted by atomic mass is 16.4. The van der Waals surface area contributed by atoms with Crippen molar-refractivity contribution in [3.63, 3.8) is 0 Å². The lowest BCUT2D eigenvalue weighted by Gasteiger charge is -2.18. The third-order valence-electron chi connectivity index (χ3n) is 1.91. The van der Waals surface area contributed by atoms with E-state index in [2.05, 4.69) is 10.0 Å². The Kier molecular flexibility index (Phi) is 3.28. The van der Waals surface area contributed by atoms with E-state index in [4.69, 9.17) is 16.4 Å². The van der Waals surface area contributed by atoms with Crippen molar-refractivity contribution in [2.45, 2.75) is 12.1 Å². The van der Waals surface area contributed by atoms with Crippen molar-refractivity contribution in [2.75, 3.05) is 0 Å². The van der Waals surface area contributed by atoms with E-state index in [1.165, 1.54) is 0 Å². The monoisotopic (exact) mass is 206 g/mol. The maximum absolute atomic E-state index is 10.8. The number of carboxylic acids is 1. The van der Waals surface area contributed by atoms with Crippen LogP contribution in [0.25, 0.3) is 10.4 Å². The van der Waals surface area contributed by atoms with E-state index in [0.717, 1.165) is 0 Å². The van der Waals surface area contributed by atoms with Crippen LogP contribution in [0.15, 0.2) is 35.4 Å². The van der Waals surface area contributed by atoms with Crippen LogP contribution in [0.5, 0.6) is 0 Å². The van der Waals surface area contributed by atoms with Gasteiger partial charge in [-0.15, -0.1) is 0 Å². The summed E-state index contributed by atoms with van der Waals surface area (Å²) in [6.45, 7) is 0. The molecule has 0 amide bonds. The molecule has 6 nitrogen and oxygen atoms in total. The third-order valence-corrected chi connectivity index (χ3v) is 1.91. The van der Waals surface area contributed by atoms with E-state index >= 15 is 0 Å². The van der Waals surface area contributed by atoms with Gasteiger partial charge in [0.15, 0.2) is 5.66 Å². The summed E-state index contributed by atoms with van der Waals surface area (Å²) < 4.78 is 0. The van der Waals surface area contributed by atoms with Gasteiger partial charge in [-0.2, -0.15) is 0 Å². The number of hydrogen-bond donors (Lipinski definition) is 2. The highest BCUT2D eigenvalue weighted by Crippen LogP contribution is 2.13. The first-order chi connectivity index (χ1) is 7.08. The first kappa shape index (κ1) is 11.0. The van der Waals surface area contributed by atoms with Crippen LogP contribution >= 0.6 is 0 Å². The van der Waals surface area contributed by atoms with Crippen molar-refractivity contribution in [1.82, 2.24) is 0 Å². The summed E-state index contributed by atoms with van der Waals surface area (Å²) in [5, 5.41) is 11.9. The van der Waals surface area contributed by atoms with Crippen molar-refractivity contribution in [2.24, 2.45) is 10.8 Å². The van der Waals surface area contributed by atoms with E-state index in [1.807, 2.05) is 0 Å². The number of carboxylic acid groups (broad SMARTS) is 1. The zero-order valence-corrected chi connectivity index (χ0v) is 7.87. The van der Waals surface area contributed by atoms with E-state index in [-0.39, 0.29) is 6.42 Å². The van der Waals surface area contributed by atoms with Crippen molar-refractivity contribution in [1.29, 1.82) is 0 Å². The lowest BCUT2D eigenvalue weighted by atomic mass is 10.0. The summed E-state index contributed by atoms with van der Waals surface area (Å²) in [6, 6.07) is 8.76. The first-order valence-electron chi connectivity index (χ1n) is 4.21. The molecule has 1 aromatic rings. The van der Waals surface area contributed by atoms with E-state index in [9.17, 15) is 4.79 Å². The van der Waals surface area contributed by atoms with Gasteiger partial charge in [0.25, 0.3) is 0 Å². The molecular weight excluding hydrogens is 196 g/mol. The van der Waals surface area contributed by atoms with Gasteiger partial charge < -0.3 is 10.8 Å². The Balaban J connectivity index is 2.95. The summed E-state index contributed by atoms with van der Waals surface area (Å²) >= 11 is 0. The molecular formula is C9H10N4O2. The number of benzene rings is 1. The molecule has 1 atom stereocenters. The Labute approximate surface area is 86.0 Å². The smallest absolute Gasteiger partial charge is 0.330 e. The molecule has 0 aliphatic carbocycles. The van der Waals surface area contributed by atoms with Crippen molar-refractivity contribution < 1.29 is 9.90 Å². The van der Waals surface area contributed by atoms with Crippen LogP contribution in [-0.4, -0.2) is 16.7 Å². The second kappa shape index (κ2) is 4.45. The molecule has 78 valence electrons. The highest BCUT2D eigenvalue weighted by molar-refractivity contribution is 5.78. The van der Waals surface area contributed by atoms with Crippen molar-refractivity contribution in [3.8, 4) is 0 Å². The molecule has 0 aliphatic rings. The molecule has 1 unspecified atom stereocenters. The van der Waals surface area contributed by atoms with Crippen LogP contribution in [0, 0.1) is 0 Å². The normalized spacial score (nSPS) is 13.7. The number of hydrogen-bond acceptors (Lipinski definition) is 3. The van der Waals surface area contributed by atoms with E-state index < -0.39 is 11.6 Å². The van der Waals surface area contributed by atoms with Crippen LogP contribution in [0.2, 0.25) is 0 Å². The Morgan fingerprint density at radius 3 is 2.60 bits per heavy atom. The van der Waals surface area contributed by atoms with Crippen molar-refractivity contribution >= 4 is 5.97 Å². The zero-order valence-electron chi connectivity index (χ0n) is 7.87. The summed E-state index contributed by atoms with van der Waals surface area (Å²) in [5.41, 5.74) is 12.5. The fraction of sp³-hybridized carbons (Fsp3) is 0.222. The molecule has 0 spiro atoms. The maximum atomic E-state index is 10.8. The predicted octanol–water partition coefficient (Wildman–Crippen LogP) is 1.28. The van der Waals surface area contributed by atoms with E-state index in [1.54, 1.807) is 30.3 Å². The molecule has 0 fully saturated rings. The molecule has 0 saturated carbocycles. The van der Waals surface area contributed by atoms with Crippen LogP contribution < -0.4 is 5.73 Å². The topological polar surface area (TPSA) is 112 Å². The molecule has 15 heavy (non-hydrogen) atoms. The summed E-state index contributed by atoms with van der Waals surface area (Å²) in [4.78, 5) is 13.3. The number of carbonyl (C=O) groups is 1. The van der Waals surface area contributed by atoms with Crippen LogP contribution in [0.3, 0.4) is 0 Å². The maximum Gasteiger partial charge on any atom is 0.330 e. The molecule has 6 heteroatoms. The lowest BCUT2D eigenvalue weighted by molar-refractivity contribution is -0.143. The van der Waals surface area contributed by atoms with Gasteiger partial charge in [-0.3, -0.25) is 4.79 Å².